The third-order valence-corrected chi connectivity index (χ3v) is 8.91. The molecule has 39 heavy (non-hydrogen) atoms. The highest BCUT2D eigenvalue weighted by molar-refractivity contribution is 5.73. The van der Waals surface area contributed by atoms with E-state index in [-0.39, 0.29) is 5.92 Å². The van der Waals surface area contributed by atoms with Crippen LogP contribution in [0.15, 0.2) is 60.7 Å². The van der Waals surface area contributed by atoms with E-state index in [1.807, 2.05) is 13.8 Å². The number of carboxylic acids is 1. The highest BCUT2D eigenvalue weighted by Crippen LogP contribution is 2.37. The number of likely N-dealkylation sites (tertiary alicyclic amines) is 2. The molecule has 0 unspecified atom stereocenters. The number of hydrogen-bond donors (Lipinski definition) is 1. The minimum absolute atomic E-state index is 0.0841. The quantitative estimate of drug-likeness (QED) is 0.407. The standard InChI is InChI=1S/C33H44N4O2/c1-23(2)32(33(38)39)37-21-28(30(22-37)27-12-8-9-24(3)17-27)20-36-15-13-26(14-16-36)31-19-29(34-35(31)4)18-25-10-6-5-7-11-25/h5-12,17,19,23,26,28,30,32H,13-16,18,20-22H2,1-4H3,(H,38,39)/t28-,30+,32+/m0/s1. The Morgan fingerprint density at radius 2 is 1.77 bits per heavy atom. The summed E-state index contributed by atoms with van der Waals surface area (Å²) < 4.78 is 2.10. The first kappa shape index (κ1) is 27.6. The highest BCUT2D eigenvalue weighted by atomic mass is 16.4. The van der Waals surface area contributed by atoms with Crippen LogP contribution in [0, 0.1) is 18.8 Å². The molecule has 3 atom stereocenters. The number of piperidine rings is 1. The van der Waals surface area contributed by atoms with E-state index in [9.17, 15) is 9.90 Å². The van der Waals surface area contributed by atoms with Crippen molar-refractivity contribution in [3.05, 3.63) is 88.7 Å². The first-order valence-corrected chi connectivity index (χ1v) is 14.6. The van der Waals surface area contributed by atoms with Crippen molar-refractivity contribution >= 4 is 5.97 Å². The van der Waals surface area contributed by atoms with Gasteiger partial charge < -0.3 is 10.0 Å². The van der Waals surface area contributed by atoms with Gasteiger partial charge in [0.15, 0.2) is 0 Å². The second-order valence-electron chi connectivity index (χ2n) is 12.2. The van der Waals surface area contributed by atoms with Crippen LogP contribution in [-0.2, 0) is 18.3 Å². The molecule has 6 nitrogen and oxygen atoms in total. The monoisotopic (exact) mass is 528 g/mol. The van der Waals surface area contributed by atoms with Gasteiger partial charge in [-0.25, -0.2) is 0 Å². The molecule has 208 valence electrons. The molecule has 1 N–H and O–H groups in total. The minimum Gasteiger partial charge on any atom is -0.480 e. The van der Waals surface area contributed by atoms with Crippen molar-refractivity contribution in [1.82, 2.24) is 19.6 Å². The zero-order valence-electron chi connectivity index (χ0n) is 24.0. The number of aliphatic carboxylic acids is 1. The van der Waals surface area contributed by atoms with Gasteiger partial charge >= 0.3 is 5.97 Å². The number of carboxylic acid groups (broad SMARTS) is 1. The van der Waals surface area contributed by atoms with E-state index in [4.69, 9.17) is 5.10 Å². The molecular formula is C33H44N4O2. The van der Waals surface area contributed by atoms with E-state index in [2.05, 4.69) is 89.1 Å². The maximum atomic E-state index is 12.2. The number of rotatable bonds is 9. The summed E-state index contributed by atoms with van der Waals surface area (Å²) in [5.41, 5.74) is 6.42. The molecule has 2 aromatic carbocycles. The van der Waals surface area contributed by atoms with Crippen LogP contribution >= 0.6 is 0 Å². The van der Waals surface area contributed by atoms with E-state index in [1.165, 1.54) is 22.4 Å². The van der Waals surface area contributed by atoms with Crippen LogP contribution in [0.2, 0.25) is 0 Å². The molecule has 3 heterocycles. The third kappa shape index (κ3) is 6.44. The van der Waals surface area contributed by atoms with E-state index >= 15 is 0 Å². The van der Waals surface area contributed by atoms with E-state index in [0.29, 0.717) is 17.8 Å². The van der Waals surface area contributed by atoms with Crippen LogP contribution < -0.4 is 0 Å². The van der Waals surface area contributed by atoms with Crippen molar-refractivity contribution in [3.63, 3.8) is 0 Å². The van der Waals surface area contributed by atoms with E-state index in [1.54, 1.807) is 0 Å². The van der Waals surface area contributed by atoms with Gasteiger partial charge in [0.05, 0.1) is 5.69 Å². The summed E-state index contributed by atoms with van der Waals surface area (Å²) in [6, 6.07) is 21.3. The summed E-state index contributed by atoms with van der Waals surface area (Å²) in [6.07, 6.45) is 3.15. The molecule has 6 heteroatoms. The second-order valence-corrected chi connectivity index (χ2v) is 12.2. The maximum Gasteiger partial charge on any atom is 0.321 e. The Morgan fingerprint density at radius 3 is 2.44 bits per heavy atom. The predicted molar refractivity (Wildman–Crippen MR) is 156 cm³/mol. The molecular weight excluding hydrogens is 484 g/mol. The number of aryl methyl sites for hydroxylation is 2. The summed E-state index contributed by atoms with van der Waals surface area (Å²) in [5, 5.41) is 14.8. The molecule has 0 aliphatic carbocycles. The van der Waals surface area contributed by atoms with Gasteiger partial charge in [-0.15, -0.1) is 0 Å². The number of benzene rings is 2. The Bertz CT molecular complexity index is 1250. The fourth-order valence-corrected chi connectivity index (χ4v) is 7.02. The Labute approximate surface area is 233 Å². The molecule has 3 aromatic rings. The first-order valence-electron chi connectivity index (χ1n) is 14.6. The van der Waals surface area contributed by atoms with E-state index in [0.717, 1.165) is 57.7 Å². The van der Waals surface area contributed by atoms with Crippen LogP contribution in [-0.4, -0.2) is 69.4 Å². The summed E-state index contributed by atoms with van der Waals surface area (Å²) in [5.74, 6) is 0.713. The number of nitrogens with zero attached hydrogens (tertiary/aromatic N) is 4. The predicted octanol–water partition coefficient (Wildman–Crippen LogP) is 5.32. The van der Waals surface area contributed by atoms with Crippen LogP contribution in [0.4, 0.5) is 0 Å². The third-order valence-electron chi connectivity index (χ3n) is 8.91. The van der Waals surface area contributed by atoms with Crippen LogP contribution in [0.3, 0.4) is 0 Å². The topological polar surface area (TPSA) is 61.6 Å². The lowest BCUT2D eigenvalue weighted by Crippen LogP contribution is -2.44. The highest BCUT2D eigenvalue weighted by Gasteiger charge is 2.41. The second kappa shape index (κ2) is 12.1. The van der Waals surface area contributed by atoms with Crippen LogP contribution in [0.1, 0.15) is 66.6 Å². The fraction of sp³-hybridized carbons (Fsp3) is 0.515. The van der Waals surface area contributed by atoms with E-state index < -0.39 is 12.0 Å². The Morgan fingerprint density at radius 1 is 1.03 bits per heavy atom. The van der Waals surface area contributed by atoms with Gasteiger partial charge in [-0.05, 0) is 61.9 Å². The average Bonchev–Trinajstić information content (AvgIpc) is 3.47. The summed E-state index contributed by atoms with van der Waals surface area (Å²) in [7, 11) is 2.09. The summed E-state index contributed by atoms with van der Waals surface area (Å²) in [4.78, 5) is 17.0. The van der Waals surface area contributed by atoms with Gasteiger partial charge in [0.2, 0.25) is 0 Å². The molecule has 0 amide bonds. The Balaban J connectivity index is 1.24. The molecule has 0 radical (unpaired) electrons. The van der Waals surface area contributed by atoms with Gasteiger partial charge in [-0.2, -0.15) is 5.10 Å². The van der Waals surface area contributed by atoms with Crippen molar-refractivity contribution in [2.24, 2.45) is 18.9 Å². The Kier molecular flexibility index (Phi) is 8.53. The Hall–Kier alpha value is -2.96. The zero-order chi connectivity index (χ0) is 27.5. The lowest BCUT2D eigenvalue weighted by atomic mass is 9.86. The first-order chi connectivity index (χ1) is 18.8. The normalized spacial score (nSPS) is 22.0. The lowest BCUT2D eigenvalue weighted by Gasteiger charge is -2.35. The van der Waals surface area contributed by atoms with Gasteiger partial charge in [0.25, 0.3) is 0 Å². The molecule has 2 fully saturated rings. The number of carbonyl (C=O) groups is 1. The average molecular weight is 529 g/mol. The van der Waals surface area contributed by atoms with Crippen LogP contribution in [0.25, 0.3) is 0 Å². The van der Waals surface area contributed by atoms with Gasteiger partial charge in [-0.3, -0.25) is 14.4 Å². The molecule has 1 aromatic heterocycles. The van der Waals surface area contributed by atoms with Gasteiger partial charge in [-0.1, -0.05) is 74.0 Å². The smallest absolute Gasteiger partial charge is 0.321 e. The summed E-state index contributed by atoms with van der Waals surface area (Å²) in [6.45, 7) is 11.0. The van der Waals surface area contributed by atoms with Crippen LogP contribution in [0.5, 0.6) is 0 Å². The minimum atomic E-state index is -0.697. The molecule has 2 aliphatic rings. The van der Waals surface area contributed by atoms with Crippen molar-refractivity contribution in [1.29, 1.82) is 0 Å². The van der Waals surface area contributed by atoms with Crippen molar-refractivity contribution in [2.75, 3.05) is 32.7 Å². The molecule has 2 aliphatic heterocycles. The molecule has 0 spiro atoms. The van der Waals surface area contributed by atoms with Crippen molar-refractivity contribution < 1.29 is 9.90 Å². The lowest BCUT2D eigenvalue weighted by molar-refractivity contribution is -0.144. The fourth-order valence-electron chi connectivity index (χ4n) is 7.02. The zero-order valence-corrected chi connectivity index (χ0v) is 24.0. The number of hydrogen-bond acceptors (Lipinski definition) is 4. The molecule has 0 bridgehead atoms. The van der Waals surface area contributed by atoms with Crippen molar-refractivity contribution in [3.8, 4) is 0 Å². The SMILES string of the molecule is Cc1cccc([C@H]2CN([C@@H](C(=O)O)C(C)C)C[C@@H]2CN2CCC(c3cc(Cc4ccccc4)nn3C)CC2)c1. The van der Waals surface area contributed by atoms with Gasteiger partial charge in [0.1, 0.15) is 6.04 Å². The molecule has 5 rings (SSSR count). The van der Waals surface area contributed by atoms with Crippen molar-refractivity contribution in [2.45, 2.75) is 57.9 Å². The van der Waals surface area contributed by atoms with Gasteiger partial charge in [0, 0.05) is 50.6 Å². The largest absolute Gasteiger partial charge is 0.480 e. The maximum absolute atomic E-state index is 12.2. The molecule has 2 saturated heterocycles. The summed E-state index contributed by atoms with van der Waals surface area (Å²) >= 11 is 0. The number of aromatic nitrogens is 2. The molecule has 0 saturated carbocycles.